The van der Waals surface area contributed by atoms with E-state index in [1.54, 1.807) is 23.4 Å². The van der Waals surface area contributed by atoms with E-state index in [4.69, 9.17) is 0 Å². The molecular weight excluding hydrogens is 194 g/mol. The van der Waals surface area contributed by atoms with Crippen molar-refractivity contribution in [2.24, 2.45) is 5.10 Å². The van der Waals surface area contributed by atoms with Crippen molar-refractivity contribution in [3.8, 4) is 0 Å². The van der Waals surface area contributed by atoms with E-state index in [-0.39, 0.29) is 5.69 Å². The highest BCUT2D eigenvalue weighted by molar-refractivity contribution is 5.80. The van der Waals surface area contributed by atoms with E-state index in [1.807, 2.05) is 14.0 Å². The normalized spacial score (nSPS) is 10.5. The Morgan fingerprint density at radius 3 is 2.93 bits per heavy atom. The maximum atomic E-state index is 10.5. The summed E-state index contributed by atoms with van der Waals surface area (Å²) in [5, 5.41) is 16.3. The van der Waals surface area contributed by atoms with Crippen molar-refractivity contribution in [2.45, 2.75) is 6.92 Å². The Balaban J connectivity index is 2.82. The van der Waals surface area contributed by atoms with Crippen molar-refractivity contribution in [2.75, 3.05) is 13.6 Å². The van der Waals surface area contributed by atoms with Gasteiger partial charge in [0.15, 0.2) is 0 Å². The van der Waals surface area contributed by atoms with Crippen molar-refractivity contribution >= 4 is 11.9 Å². The molecule has 0 aliphatic rings. The van der Waals surface area contributed by atoms with Crippen LogP contribution >= 0.6 is 0 Å². The molecule has 0 saturated heterocycles. The third-order valence-corrected chi connectivity index (χ3v) is 1.94. The first-order valence-electron chi connectivity index (χ1n) is 4.63. The standard InChI is InChI=1S/C10H13N3O2/c1-3-12(2)11-8-9-5-4-6-10(7-9)13(14)15/h4-8H,3H2,1-2H3. The van der Waals surface area contributed by atoms with E-state index in [0.717, 1.165) is 12.1 Å². The van der Waals surface area contributed by atoms with E-state index in [1.165, 1.54) is 12.1 Å². The van der Waals surface area contributed by atoms with Gasteiger partial charge in [-0.25, -0.2) is 0 Å². The summed E-state index contributed by atoms with van der Waals surface area (Å²) in [5.74, 6) is 0. The van der Waals surface area contributed by atoms with Crippen molar-refractivity contribution in [1.82, 2.24) is 5.01 Å². The highest BCUT2D eigenvalue weighted by Crippen LogP contribution is 2.11. The van der Waals surface area contributed by atoms with E-state index in [2.05, 4.69) is 5.10 Å². The minimum Gasteiger partial charge on any atom is -0.300 e. The number of hydrogen-bond acceptors (Lipinski definition) is 4. The van der Waals surface area contributed by atoms with Crippen LogP contribution in [0.15, 0.2) is 29.4 Å². The van der Waals surface area contributed by atoms with E-state index >= 15 is 0 Å². The second kappa shape index (κ2) is 5.09. The average molecular weight is 207 g/mol. The van der Waals surface area contributed by atoms with Gasteiger partial charge in [0.2, 0.25) is 0 Å². The van der Waals surface area contributed by atoms with Crippen molar-refractivity contribution < 1.29 is 4.92 Å². The highest BCUT2D eigenvalue weighted by Gasteiger charge is 2.03. The number of benzene rings is 1. The molecule has 0 spiro atoms. The van der Waals surface area contributed by atoms with Gasteiger partial charge in [-0.1, -0.05) is 12.1 Å². The summed E-state index contributed by atoms with van der Waals surface area (Å²) in [6.07, 6.45) is 1.61. The Kier molecular flexibility index (Phi) is 3.79. The van der Waals surface area contributed by atoms with E-state index in [0.29, 0.717) is 0 Å². The monoisotopic (exact) mass is 207 g/mol. The Morgan fingerprint density at radius 1 is 1.60 bits per heavy atom. The van der Waals surface area contributed by atoms with Gasteiger partial charge in [-0.15, -0.1) is 0 Å². The molecule has 0 fully saturated rings. The average Bonchev–Trinajstić information content (AvgIpc) is 2.26. The van der Waals surface area contributed by atoms with Crippen LogP contribution in [0.4, 0.5) is 5.69 Å². The molecule has 0 amide bonds. The second-order valence-electron chi connectivity index (χ2n) is 3.07. The maximum Gasteiger partial charge on any atom is 0.270 e. The molecule has 0 aromatic heterocycles. The van der Waals surface area contributed by atoms with Gasteiger partial charge in [0.25, 0.3) is 5.69 Å². The largest absolute Gasteiger partial charge is 0.300 e. The molecule has 80 valence electrons. The Hall–Kier alpha value is -1.91. The summed E-state index contributed by atoms with van der Waals surface area (Å²) in [6, 6.07) is 6.37. The number of rotatable bonds is 4. The third kappa shape index (κ3) is 3.38. The van der Waals surface area contributed by atoms with Crippen LogP contribution in [-0.2, 0) is 0 Å². The topological polar surface area (TPSA) is 58.7 Å². The molecule has 0 atom stereocenters. The van der Waals surface area contributed by atoms with Gasteiger partial charge in [0.05, 0.1) is 11.1 Å². The van der Waals surface area contributed by atoms with Crippen LogP contribution < -0.4 is 0 Å². The molecule has 5 nitrogen and oxygen atoms in total. The van der Waals surface area contributed by atoms with E-state index in [9.17, 15) is 10.1 Å². The van der Waals surface area contributed by atoms with Crippen LogP contribution in [0.2, 0.25) is 0 Å². The minimum atomic E-state index is -0.416. The molecule has 5 heteroatoms. The number of nitro groups is 1. The first-order chi connectivity index (χ1) is 7.13. The van der Waals surface area contributed by atoms with Crippen LogP contribution in [0.1, 0.15) is 12.5 Å². The first-order valence-corrected chi connectivity index (χ1v) is 4.63. The molecule has 0 radical (unpaired) electrons. The molecule has 1 rings (SSSR count). The number of hydrazone groups is 1. The summed E-state index contributed by atoms with van der Waals surface area (Å²) < 4.78 is 0. The quantitative estimate of drug-likeness (QED) is 0.430. The molecule has 0 bridgehead atoms. The second-order valence-corrected chi connectivity index (χ2v) is 3.07. The summed E-state index contributed by atoms with van der Waals surface area (Å²) in [5.41, 5.74) is 0.808. The van der Waals surface area contributed by atoms with Crippen LogP contribution in [0.25, 0.3) is 0 Å². The molecule has 0 saturated carbocycles. The molecule has 1 aromatic rings. The fourth-order valence-electron chi connectivity index (χ4n) is 0.966. The predicted octanol–water partition coefficient (Wildman–Crippen LogP) is 1.88. The number of non-ortho nitro benzene ring substituents is 1. The fraction of sp³-hybridized carbons (Fsp3) is 0.300. The van der Waals surface area contributed by atoms with Gasteiger partial charge >= 0.3 is 0 Å². The van der Waals surface area contributed by atoms with Crippen LogP contribution in [0.5, 0.6) is 0 Å². The molecule has 0 heterocycles. The van der Waals surface area contributed by atoms with Crippen molar-refractivity contribution in [1.29, 1.82) is 0 Å². The van der Waals surface area contributed by atoms with Crippen molar-refractivity contribution in [3.63, 3.8) is 0 Å². The molecular formula is C10H13N3O2. The fourth-order valence-corrected chi connectivity index (χ4v) is 0.966. The van der Waals surface area contributed by atoms with Gasteiger partial charge in [-0.3, -0.25) is 10.1 Å². The van der Waals surface area contributed by atoms with Gasteiger partial charge in [0, 0.05) is 31.3 Å². The zero-order valence-electron chi connectivity index (χ0n) is 8.75. The molecule has 0 aliphatic carbocycles. The third-order valence-electron chi connectivity index (χ3n) is 1.94. The minimum absolute atomic E-state index is 0.0816. The molecule has 15 heavy (non-hydrogen) atoms. The Bertz CT molecular complexity index is 377. The lowest BCUT2D eigenvalue weighted by Gasteiger charge is -2.07. The molecule has 1 aromatic carbocycles. The lowest BCUT2D eigenvalue weighted by Crippen LogP contribution is -2.09. The Morgan fingerprint density at radius 2 is 2.33 bits per heavy atom. The first kappa shape index (κ1) is 11.2. The summed E-state index contributed by atoms with van der Waals surface area (Å²) >= 11 is 0. The predicted molar refractivity (Wildman–Crippen MR) is 59.0 cm³/mol. The summed E-state index contributed by atoms with van der Waals surface area (Å²) in [6.45, 7) is 2.77. The van der Waals surface area contributed by atoms with Gasteiger partial charge in [0.1, 0.15) is 0 Å². The zero-order valence-corrected chi connectivity index (χ0v) is 8.75. The van der Waals surface area contributed by atoms with Gasteiger partial charge < -0.3 is 5.01 Å². The SMILES string of the molecule is CCN(C)N=Cc1cccc([N+](=O)[O-])c1. The summed E-state index contributed by atoms with van der Waals surface area (Å²) in [7, 11) is 1.84. The number of hydrogen-bond donors (Lipinski definition) is 0. The van der Waals surface area contributed by atoms with Crippen LogP contribution in [-0.4, -0.2) is 29.7 Å². The van der Waals surface area contributed by atoms with Gasteiger partial charge in [-0.2, -0.15) is 5.10 Å². The zero-order chi connectivity index (χ0) is 11.3. The smallest absolute Gasteiger partial charge is 0.270 e. The Labute approximate surface area is 88.2 Å². The van der Waals surface area contributed by atoms with Crippen LogP contribution in [0.3, 0.4) is 0 Å². The highest BCUT2D eigenvalue weighted by atomic mass is 16.6. The maximum absolute atomic E-state index is 10.5. The molecule has 0 N–H and O–H groups in total. The van der Waals surface area contributed by atoms with Crippen LogP contribution in [0, 0.1) is 10.1 Å². The van der Waals surface area contributed by atoms with Crippen molar-refractivity contribution in [3.05, 3.63) is 39.9 Å². The summed E-state index contributed by atoms with van der Waals surface area (Å²) in [4.78, 5) is 10.1. The molecule has 0 aliphatic heterocycles. The van der Waals surface area contributed by atoms with E-state index < -0.39 is 4.92 Å². The molecule has 0 unspecified atom stereocenters. The number of nitrogens with zero attached hydrogens (tertiary/aromatic N) is 3. The number of nitro benzene ring substituents is 1. The lowest BCUT2D eigenvalue weighted by molar-refractivity contribution is -0.384. The van der Waals surface area contributed by atoms with Gasteiger partial charge in [-0.05, 0) is 6.92 Å². The lowest BCUT2D eigenvalue weighted by atomic mass is 10.2.